The van der Waals surface area contributed by atoms with Crippen molar-refractivity contribution in [3.8, 4) is 0 Å². The number of amides is 1. The van der Waals surface area contributed by atoms with Crippen molar-refractivity contribution in [2.24, 2.45) is 7.05 Å². The Morgan fingerprint density at radius 1 is 1.50 bits per heavy atom. The minimum atomic E-state index is -2.94. The highest BCUT2D eigenvalue weighted by Gasteiger charge is 2.32. The van der Waals surface area contributed by atoms with Crippen molar-refractivity contribution in [2.75, 3.05) is 18.6 Å². The molecule has 9 heteroatoms. The molecular formula is C11H18N4O3S2. The van der Waals surface area contributed by atoms with Gasteiger partial charge in [0, 0.05) is 20.0 Å². The molecule has 2 atom stereocenters. The molecule has 1 aromatic rings. The number of sulfone groups is 1. The second-order valence-electron chi connectivity index (χ2n) is 4.87. The van der Waals surface area contributed by atoms with Crippen LogP contribution in [-0.4, -0.2) is 52.9 Å². The molecule has 1 N–H and O–H groups in total. The molecule has 1 aliphatic rings. The third-order valence-electron chi connectivity index (χ3n) is 3.36. The van der Waals surface area contributed by atoms with Crippen molar-refractivity contribution in [1.82, 2.24) is 20.1 Å². The molecule has 0 aliphatic carbocycles. The Bertz CT molecular complexity index is 611. The van der Waals surface area contributed by atoms with Crippen LogP contribution in [0, 0.1) is 0 Å². The van der Waals surface area contributed by atoms with Crippen molar-refractivity contribution in [3.05, 3.63) is 5.82 Å². The van der Waals surface area contributed by atoms with Gasteiger partial charge in [-0.25, -0.2) is 8.42 Å². The van der Waals surface area contributed by atoms with Crippen LogP contribution in [-0.2, 0) is 21.7 Å². The maximum Gasteiger partial charge on any atom is 0.233 e. The van der Waals surface area contributed by atoms with Gasteiger partial charge < -0.3 is 9.88 Å². The number of carbonyl (C=O) groups is 1. The summed E-state index contributed by atoms with van der Waals surface area (Å²) in [5, 5.41) is 11.1. The van der Waals surface area contributed by atoms with Crippen LogP contribution in [0.5, 0.6) is 0 Å². The van der Waals surface area contributed by atoms with E-state index in [0.29, 0.717) is 17.4 Å². The Balaban J connectivity index is 2.14. The zero-order valence-electron chi connectivity index (χ0n) is 11.7. The minimum absolute atomic E-state index is 0.0806. The first-order chi connectivity index (χ1) is 9.34. The number of thioether (sulfide) groups is 1. The third kappa shape index (κ3) is 3.14. The molecule has 0 aromatic carbocycles. The standard InChI is InChI=1S/C11H18N4O3S2/c1-7(10(16)12-2)19-11-14-13-9(15(11)3)8-4-5-20(17,18)6-8/h7-8H,4-6H2,1-3H3,(H,12,16)/t7-,8+/m1/s1. The second kappa shape index (κ2) is 5.72. The van der Waals surface area contributed by atoms with E-state index < -0.39 is 9.84 Å². The van der Waals surface area contributed by atoms with E-state index in [2.05, 4.69) is 15.5 Å². The van der Waals surface area contributed by atoms with Gasteiger partial charge in [-0.2, -0.15) is 0 Å². The molecule has 20 heavy (non-hydrogen) atoms. The summed E-state index contributed by atoms with van der Waals surface area (Å²) in [6, 6.07) is 0. The smallest absolute Gasteiger partial charge is 0.233 e. The molecule has 0 bridgehead atoms. The van der Waals surface area contributed by atoms with E-state index in [1.54, 1.807) is 25.6 Å². The van der Waals surface area contributed by atoms with E-state index in [1.807, 2.05) is 0 Å². The summed E-state index contributed by atoms with van der Waals surface area (Å²) in [6.07, 6.45) is 0.587. The first-order valence-electron chi connectivity index (χ1n) is 6.32. The predicted octanol–water partition coefficient (Wildman–Crippen LogP) is -0.0562. The van der Waals surface area contributed by atoms with Gasteiger partial charge in [0.05, 0.1) is 16.8 Å². The minimum Gasteiger partial charge on any atom is -0.358 e. The van der Waals surface area contributed by atoms with E-state index in [1.165, 1.54) is 11.8 Å². The van der Waals surface area contributed by atoms with Crippen LogP contribution < -0.4 is 5.32 Å². The maximum atomic E-state index is 11.5. The van der Waals surface area contributed by atoms with Gasteiger partial charge in [-0.15, -0.1) is 10.2 Å². The molecule has 0 unspecified atom stereocenters. The van der Waals surface area contributed by atoms with Crippen LogP contribution in [0.25, 0.3) is 0 Å². The Labute approximate surface area is 122 Å². The lowest BCUT2D eigenvalue weighted by Crippen LogP contribution is -2.27. The molecule has 112 valence electrons. The number of aromatic nitrogens is 3. The summed E-state index contributed by atoms with van der Waals surface area (Å²) in [5.41, 5.74) is 0. The van der Waals surface area contributed by atoms with E-state index in [4.69, 9.17) is 0 Å². The second-order valence-corrected chi connectivity index (χ2v) is 8.41. The van der Waals surface area contributed by atoms with Gasteiger partial charge in [-0.1, -0.05) is 11.8 Å². The first-order valence-corrected chi connectivity index (χ1v) is 9.02. The van der Waals surface area contributed by atoms with Gasteiger partial charge in [0.15, 0.2) is 15.0 Å². The van der Waals surface area contributed by atoms with Gasteiger partial charge in [0.2, 0.25) is 5.91 Å². The van der Waals surface area contributed by atoms with Crippen LogP contribution in [0.2, 0.25) is 0 Å². The van der Waals surface area contributed by atoms with E-state index in [-0.39, 0.29) is 28.6 Å². The molecule has 1 saturated heterocycles. The van der Waals surface area contributed by atoms with E-state index >= 15 is 0 Å². The number of carbonyl (C=O) groups excluding carboxylic acids is 1. The van der Waals surface area contributed by atoms with Gasteiger partial charge >= 0.3 is 0 Å². The maximum absolute atomic E-state index is 11.5. The number of hydrogen-bond donors (Lipinski definition) is 1. The fourth-order valence-electron chi connectivity index (χ4n) is 2.20. The molecular weight excluding hydrogens is 300 g/mol. The normalized spacial score (nSPS) is 22.6. The highest BCUT2D eigenvalue weighted by atomic mass is 32.2. The molecule has 1 aromatic heterocycles. The van der Waals surface area contributed by atoms with Crippen LogP contribution in [0.3, 0.4) is 0 Å². The average molecular weight is 318 g/mol. The average Bonchev–Trinajstić information content (AvgIpc) is 2.92. The molecule has 2 heterocycles. The summed E-state index contributed by atoms with van der Waals surface area (Å²) in [7, 11) is 0.449. The fraction of sp³-hybridized carbons (Fsp3) is 0.727. The lowest BCUT2D eigenvalue weighted by atomic mass is 10.1. The zero-order valence-corrected chi connectivity index (χ0v) is 13.3. The quantitative estimate of drug-likeness (QED) is 0.782. The van der Waals surface area contributed by atoms with Gasteiger partial charge in [0.1, 0.15) is 5.82 Å². The molecule has 2 rings (SSSR count). The van der Waals surface area contributed by atoms with Crippen molar-refractivity contribution in [1.29, 1.82) is 0 Å². The Morgan fingerprint density at radius 2 is 2.20 bits per heavy atom. The van der Waals surface area contributed by atoms with Crippen molar-refractivity contribution >= 4 is 27.5 Å². The van der Waals surface area contributed by atoms with Gasteiger partial charge in [-0.3, -0.25) is 4.79 Å². The van der Waals surface area contributed by atoms with Gasteiger partial charge in [-0.05, 0) is 13.3 Å². The summed E-state index contributed by atoms with van der Waals surface area (Å²) in [6.45, 7) is 1.79. The molecule has 0 saturated carbocycles. The molecule has 1 amide bonds. The third-order valence-corrected chi connectivity index (χ3v) is 6.27. The van der Waals surface area contributed by atoms with E-state index in [0.717, 1.165) is 0 Å². The summed E-state index contributed by atoms with van der Waals surface area (Å²) >= 11 is 1.31. The highest BCUT2D eigenvalue weighted by Crippen LogP contribution is 2.30. The SMILES string of the molecule is CNC(=O)[C@@H](C)Sc1nnc([C@H]2CCS(=O)(=O)C2)n1C. The lowest BCUT2D eigenvalue weighted by Gasteiger charge is -2.10. The summed E-state index contributed by atoms with van der Waals surface area (Å²) < 4.78 is 24.8. The highest BCUT2D eigenvalue weighted by molar-refractivity contribution is 8.00. The Kier molecular flexibility index (Phi) is 4.38. The van der Waals surface area contributed by atoms with Crippen molar-refractivity contribution < 1.29 is 13.2 Å². The number of hydrogen-bond acceptors (Lipinski definition) is 6. The molecule has 1 aliphatic heterocycles. The van der Waals surface area contributed by atoms with Crippen LogP contribution in [0.1, 0.15) is 25.1 Å². The lowest BCUT2D eigenvalue weighted by molar-refractivity contribution is -0.119. The predicted molar refractivity (Wildman–Crippen MR) is 76.4 cm³/mol. The monoisotopic (exact) mass is 318 g/mol. The topological polar surface area (TPSA) is 94.0 Å². The van der Waals surface area contributed by atoms with Crippen LogP contribution in [0.4, 0.5) is 0 Å². The summed E-state index contributed by atoms with van der Waals surface area (Å²) in [5.74, 6) is 0.846. The molecule has 0 spiro atoms. The number of rotatable bonds is 4. The zero-order chi connectivity index (χ0) is 14.9. The first kappa shape index (κ1) is 15.3. The number of nitrogens with one attached hydrogen (secondary N) is 1. The Hall–Kier alpha value is -1.09. The number of nitrogens with zero attached hydrogens (tertiary/aromatic N) is 3. The molecule has 0 radical (unpaired) electrons. The molecule has 7 nitrogen and oxygen atoms in total. The van der Waals surface area contributed by atoms with Crippen molar-refractivity contribution in [3.63, 3.8) is 0 Å². The fourth-order valence-corrected chi connectivity index (χ4v) is 4.82. The van der Waals surface area contributed by atoms with E-state index in [9.17, 15) is 13.2 Å². The molecule has 1 fully saturated rings. The van der Waals surface area contributed by atoms with Crippen molar-refractivity contribution in [2.45, 2.75) is 29.7 Å². The Morgan fingerprint density at radius 3 is 2.75 bits per heavy atom. The summed E-state index contributed by atoms with van der Waals surface area (Å²) in [4.78, 5) is 11.5. The van der Waals surface area contributed by atoms with Crippen LogP contribution >= 0.6 is 11.8 Å². The largest absolute Gasteiger partial charge is 0.358 e. The van der Waals surface area contributed by atoms with Gasteiger partial charge in [0.25, 0.3) is 0 Å². The van der Waals surface area contributed by atoms with Crippen LogP contribution in [0.15, 0.2) is 5.16 Å².